The van der Waals surface area contributed by atoms with Crippen LogP contribution < -0.4 is 18.9 Å². The van der Waals surface area contributed by atoms with Crippen molar-refractivity contribution >= 4 is 30.6 Å². The number of hydrogen-bond acceptors (Lipinski definition) is 4. The number of benzene rings is 2. The maximum atomic E-state index is 12.1. The number of esters is 1. The van der Waals surface area contributed by atoms with Crippen molar-refractivity contribution in [1.82, 2.24) is 0 Å². The Balaban J connectivity index is 0.00000225. The first-order chi connectivity index (χ1) is 11.8. The molecule has 25 heavy (non-hydrogen) atoms. The van der Waals surface area contributed by atoms with Gasteiger partial charge in [-0.3, -0.25) is 0 Å². The van der Waals surface area contributed by atoms with Crippen molar-refractivity contribution in [2.45, 2.75) is 19.0 Å². The van der Waals surface area contributed by atoms with Crippen LogP contribution in [0.1, 0.15) is 24.1 Å². The number of ether oxygens (including phenoxy) is 1. The predicted molar refractivity (Wildman–Crippen MR) is 95.8 cm³/mol. The van der Waals surface area contributed by atoms with Crippen LogP contribution in [-0.4, -0.2) is 43.3 Å². The van der Waals surface area contributed by atoms with Crippen LogP contribution in [-0.2, 0) is 9.53 Å². The van der Waals surface area contributed by atoms with E-state index in [1.165, 1.54) is 0 Å². The van der Waals surface area contributed by atoms with Gasteiger partial charge in [-0.05, 0) is 0 Å². The van der Waals surface area contributed by atoms with Crippen LogP contribution in [0.15, 0.2) is 70.6 Å². The SMILES string of the molecule is CCOC(=O)C1N=[C-][Se]C1=NC(c1ccccc1)c1ccccc1.[Li+]. The van der Waals surface area contributed by atoms with Crippen LogP contribution in [0.3, 0.4) is 0 Å². The molecule has 1 aliphatic heterocycles. The quantitative estimate of drug-likeness (QED) is 0.401. The fraction of sp³-hybridized carbons (Fsp3) is 0.211. The van der Waals surface area contributed by atoms with E-state index in [9.17, 15) is 4.79 Å². The van der Waals surface area contributed by atoms with Gasteiger partial charge >= 0.3 is 166 Å². The number of carbonyl (C=O) groups is 1. The van der Waals surface area contributed by atoms with Gasteiger partial charge in [0.1, 0.15) is 0 Å². The standard InChI is InChI=1S/C19H17N2O2Se.Li/c1-2-23-19(22)17-18(24-13-20-17)21-16(14-9-5-3-6-10-14)15-11-7-4-8-12-15;/h3-12,16-17H,2H2,1H3;/q-1;+1. The molecule has 0 N–H and O–H groups in total. The fourth-order valence-corrected chi connectivity index (χ4v) is 3.85. The van der Waals surface area contributed by atoms with Crippen molar-refractivity contribution in [1.29, 1.82) is 0 Å². The van der Waals surface area contributed by atoms with Crippen LogP contribution in [0.5, 0.6) is 0 Å². The van der Waals surface area contributed by atoms with Gasteiger partial charge in [0, 0.05) is 0 Å². The van der Waals surface area contributed by atoms with Gasteiger partial charge in [-0.2, -0.15) is 0 Å². The first-order valence-electron chi connectivity index (χ1n) is 7.75. The van der Waals surface area contributed by atoms with E-state index in [4.69, 9.17) is 9.73 Å². The molecule has 0 saturated heterocycles. The fourth-order valence-electron chi connectivity index (χ4n) is 2.45. The first kappa shape index (κ1) is 19.7. The Morgan fingerprint density at radius 2 is 1.72 bits per heavy atom. The number of carbonyl (C=O) groups excluding carboxylic acids is 1. The summed E-state index contributed by atoms with van der Waals surface area (Å²) in [6.07, 6.45) is 0. The average molecular weight is 391 g/mol. The number of nitrogens with zero attached hydrogens (tertiary/aromatic N) is 2. The maximum absolute atomic E-state index is 12.1. The summed E-state index contributed by atoms with van der Waals surface area (Å²) in [6.45, 7) is 2.13. The van der Waals surface area contributed by atoms with Crippen molar-refractivity contribution in [3.8, 4) is 0 Å². The molecule has 0 fully saturated rings. The summed E-state index contributed by atoms with van der Waals surface area (Å²) in [5, 5.41) is 2.93. The molecule has 1 atom stereocenters. The molecular formula is C19H17LiN2O2Se. The van der Waals surface area contributed by atoms with Gasteiger partial charge < -0.3 is 0 Å². The number of hydrogen-bond donors (Lipinski definition) is 0. The van der Waals surface area contributed by atoms with E-state index >= 15 is 0 Å². The molecule has 1 heterocycles. The second-order valence-electron chi connectivity index (χ2n) is 5.17. The minimum absolute atomic E-state index is 0. The normalized spacial score (nSPS) is 17.5. The van der Waals surface area contributed by atoms with E-state index in [2.05, 4.69) is 10.1 Å². The molecule has 1 unspecified atom stereocenters. The molecule has 0 bridgehead atoms. The molecule has 6 heteroatoms. The molecule has 0 aromatic heterocycles. The van der Waals surface area contributed by atoms with Gasteiger partial charge in [-0.25, -0.2) is 0 Å². The van der Waals surface area contributed by atoms with Gasteiger partial charge in [0.25, 0.3) is 0 Å². The van der Waals surface area contributed by atoms with Crippen molar-refractivity contribution in [3.63, 3.8) is 0 Å². The second kappa shape index (κ2) is 9.75. The molecule has 1 aliphatic rings. The Bertz CT molecular complexity index is 711. The minimum Gasteiger partial charge on any atom is 1.00 e. The summed E-state index contributed by atoms with van der Waals surface area (Å²) >= 11 is -0.140. The van der Waals surface area contributed by atoms with E-state index in [0.717, 1.165) is 15.7 Å². The minimum atomic E-state index is -0.639. The molecule has 0 amide bonds. The van der Waals surface area contributed by atoms with E-state index < -0.39 is 6.04 Å². The summed E-state index contributed by atoms with van der Waals surface area (Å²) in [4.78, 5) is 21.1. The largest absolute Gasteiger partial charge is 1.00 e. The average Bonchev–Trinajstić information content (AvgIpc) is 3.10. The Hall–Kier alpha value is -1.63. The molecule has 3 rings (SSSR count). The Morgan fingerprint density at radius 1 is 1.16 bits per heavy atom. The van der Waals surface area contributed by atoms with Crippen LogP contribution in [0, 0.1) is 0 Å². The first-order valence-corrected chi connectivity index (χ1v) is 9.47. The van der Waals surface area contributed by atoms with Crippen LogP contribution >= 0.6 is 0 Å². The topological polar surface area (TPSA) is 51.0 Å². The van der Waals surface area contributed by atoms with E-state index in [0.29, 0.717) is 6.61 Å². The summed E-state index contributed by atoms with van der Waals surface area (Å²) in [5.74, 6) is -0.344. The molecule has 0 saturated carbocycles. The van der Waals surface area contributed by atoms with Crippen molar-refractivity contribution in [2.24, 2.45) is 9.98 Å². The van der Waals surface area contributed by atoms with Crippen molar-refractivity contribution in [2.75, 3.05) is 6.61 Å². The maximum Gasteiger partial charge on any atom is 1.00 e. The number of aliphatic imine (C=N–C) groups is 2. The van der Waals surface area contributed by atoms with Gasteiger partial charge in [0.05, 0.1) is 0 Å². The van der Waals surface area contributed by atoms with Gasteiger partial charge in [0.2, 0.25) is 0 Å². The summed E-state index contributed by atoms with van der Waals surface area (Å²) < 4.78 is 5.87. The summed E-state index contributed by atoms with van der Waals surface area (Å²) in [7, 11) is 0. The Kier molecular flexibility index (Phi) is 7.68. The second-order valence-corrected chi connectivity index (χ2v) is 6.86. The zero-order valence-corrected chi connectivity index (χ0v) is 16.0. The molecule has 0 spiro atoms. The van der Waals surface area contributed by atoms with E-state index in [1.54, 1.807) is 6.92 Å². The molecule has 0 radical (unpaired) electrons. The zero-order valence-electron chi connectivity index (χ0n) is 14.3. The third-order valence-electron chi connectivity index (χ3n) is 3.56. The van der Waals surface area contributed by atoms with Gasteiger partial charge in [-0.15, -0.1) is 0 Å². The molecular weight excluding hydrogens is 374 g/mol. The van der Waals surface area contributed by atoms with Gasteiger partial charge in [-0.1, -0.05) is 0 Å². The van der Waals surface area contributed by atoms with E-state index in [1.807, 2.05) is 60.7 Å². The van der Waals surface area contributed by atoms with Gasteiger partial charge in [0.15, 0.2) is 0 Å². The monoisotopic (exact) mass is 392 g/mol. The third kappa shape index (κ3) is 4.93. The Labute approximate surface area is 166 Å². The summed E-state index contributed by atoms with van der Waals surface area (Å²) in [6, 6.07) is 19.4. The van der Waals surface area contributed by atoms with Crippen molar-refractivity contribution in [3.05, 3.63) is 71.8 Å². The van der Waals surface area contributed by atoms with Crippen molar-refractivity contribution < 1.29 is 28.4 Å². The smallest absolute Gasteiger partial charge is 1.00 e. The molecule has 2 aromatic carbocycles. The predicted octanol–water partition coefficient (Wildman–Crippen LogP) is -0.267. The third-order valence-corrected chi connectivity index (χ3v) is 5.10. The molecule has 0 aliphatic carbocycles. The molecule has 2 aromatic rings. The van der Waals surface area contributed by atoms with Crippen LogP contribution in [0.4, 0.5) is 0 Å². The van der Waals surface area contributed by atoms with Crippen LogP contribution in [0.2, 0.25) is 0 Å². The molecule has 4 nitrogen and oxygen atoms in total. The zero-order chi connectivity index (χ0) is 16.8. The Morgan fingerprint density at radius 3 is 2.24 bits per heavy atom. The van der Waals surface area contributed by atoms with E-state index in [-0.39, 0.29) is 45.8 Å². The molecule has 122 valence electrons. The van der Waals surface area contributed by atoms with Crippen LogP contribution in [0.25, 0.3) is 0 Å². The number of rotatable bonds is 5. The summed E-state index contributed by atoms with van der Waals surface area (Å²) in [5.41, 5.74) is 2.17.